The molecule has 0 saturated carbocycles. The molecule has 0 radical (unpaired) electrons. The van der Waals surface area contributed by atoms with Gasteiger partial charge in [-0.2, -0.15) is 0 Å². The average molecular weight is 309 g/mol. The van der Waals surface area contributed by atoms with Crippen molar-refractivity contribution in [1.29, 1.82) is 1.43 Å². The van der Waals surface area contributed by atoms with Crippen LogP contribution in [0, 0.1) is 5.89 Å². The lowest BCUT2D eigenvalue weighted by Crippen LogP contribution is -2.64. The number of benzene rings is 1. The normalized spacial score (nSPS) is 63.9. The lowest BCUT2D eigenvalue weighted by molar-refractivity contribution is -0.0453. The standard InChI is InChI=1S/C18H21NO3/c1-19-8-7-18-11-4-5-13(20)17(18)22-16-14(21-2)6-3-10(15(16)18)9-12(11)19/h3-6,11-13,17,20H,7-9H2,1-2H3/t11-,12+,13?,17?,18-/m0/s1/i1D3,9D2,11D,12D,13D,17D,20D. The van der Waals surface area contributed by atoms with E-state index in [1.54, 1.807) is 0 Å². The van der Waals surface area contributed by atoms with Crippen LogP contribution in [0.5, 0.6) is 11.5 Å². The smallest absolute Gasteiger partial charge is 0.211 e. The Morgan fingerprint density at radius 1 is 1.59 bits per heavy atom. The number of methoxy groups -OCH3 is 1. The molecule has 0 aromatic heterocycles. The van der Waals surface area contributed by atoms with E-state index in [1.165, 1.54) is 19.2 Å². The molecule has 116 valence electrons. The molecule has 4 aliphatic rings. The summed E-state index contributed by atoms with van der Waals surface area (Å²) < 4.78 is 97.5. The molecule has 2 aliphatic carbocycles. The fourth-order valence-corrected chi connectivity index (χ4v) is 4.00. The highest BCUT2D eigenvalue weighted by Gasteiger charge is 2.64. The van der Waals surface area contributed by atoms with E-state index in [0.717, 1.165) is 12.2 Å². The van der Waals surface area contributed by atoms with E-state index in [1.807, 2.05) is 0 Å². The molecule has 4 heteroatoms. The number of piperidine rings is 1. The second-order valence-electron chi connectivity index (χ2n) is 5.84. The first-order valence-corrected chi connectivity index (χ1v) is 7.16. The van der Waals surface area contributed by atoms with E-state index in [-0.39, 0.29) is 35.6 Å². The summed E-state index contributed by atoms with van der Waals surface area (Å²) in [4.78, 5) is 0.687. The fraction of sp³-hybridized carbons (Fsp3) is 0.556. The number of nitrogens with zero attached hydrogens (tertiary/aromatic N) is 1. The Bertz CT molecular complexity index is 1060. The zero-order valence-electron chi connectivity index (χ0n) is 21.9. The number of likely N-dealkylation sites (tertiary alicyclic amines) is 1. The van der Waals surface area contributed by atoms with Gasteiger partial charge < -0.3 is 19.5 Å². The first kappa shape index (κ1) is 6.54. The molecular formula is C18H21NO3. The van der Waals surface area contributed by atoms with Crippen molar-refractivity contribution >= 4 is 0 Å². The zero-order valence-corrected chi connectivity index (χ0v) is 11.9. The zero-order chi connectivity index (χ0) is 23.8. The molecule has 22 heavy (non-hydrogen) atoms. The maximum Gasteiger partial charge on any atom is 0.211 e. The largest absolute Gasteiger partial charge is 0.493 e. The van der Waals surface area contributed by atoms with Gasteiger partial charge in [0.25, 0.3) is 0 Å². The van der Waals surface area contributed by atoms with Crippen LogP contribution in [0.1, 0.15) is 29.9 Å². The Kier molecular flexibility index (Phi) is 1.21. The fourth-order valence-electron chi connectivity index (χ4n) is 4.00. The van der Waals surface area contributed by atoms with E-state index in [9.17, 15) is 4.11 Å². The summed E-state index contributed by atoms with van der Waals surface area (Å²) in [6.07, 6.45) is -5.86. The van der Waals surface area contributed by atoms with E-state index < -0.39 is 42.8 Å². The van der Waals surface area contributed by atoms with Gasteiger partial charge in [0.1, 0.15) is 12.2 Å². The molecule has 5 atom stereocenters. The second-order valence-corrected chi connectivity index (χ2v) is 5.84. The van der Waals surface area contributed by atoms with Gasteiger partial charge in [0.2, 0.25) is 1.43 Å². The lowest BCUT2D eigenvalue weighted by Gasteiger charge is -2.56. The Hall–Kier alpha value is -1.52. The van der Waals surface area contributed by atoms with Crippen molar-refractivity contribution in [3.8, 4) is 11.5 Å². The third kappa shape index (κ3) is 1.28. The van der Waals surface area contributed by atoms with Crippen molar-refractivity contribution < 1.29 is 26.9 Å². The third-order valence-corrected chi connectivity index (χ3v) is 4.93. The topological polar surface area (TPSA) is 41.9 Å². The maximum absolute atomic E-state index is 9.50. The molecule has 1 N–H and O–H groups in total. The summed E-state index contributed by atoms with van der Waals surface area (Å²) >= 11 is 0. The van der Waals surface area contributed by atoms with Crippen LogP contribution >= 0.6 is 0 Å². The predicted octanol–water partition coefficient (Wildman–Crippen LogP) is 1.50. The van der Waals surface area contributed by atoms with Gasteiger partial charge in [-0.25, -0.2) is 0 Å². The first-order valence-electron chi connectivity index (χ1n) is 12.1. The van der Waals surface area contributed by atoms with Crippen LogP contribution in [0.3, 0.4) is 0 Å². The molecule has 2 unspecified atom stereocenters. The van der Waals surface area contributed by atoms with E-state index in [0.29, 0.717) is 4.90 Å². The Labute approximate surface area is 144 Å². The van der Waals surface area contributed by atoms with Crippen LogP contribution in [0.2, 0.25) is 0 Å². The van der Waals surface area contributed by atoms with E-state index in [4.69, 9.17) is 19.1 Å². The SMILES string of the molecule is [2H]OC1([2H])C=C[C@]2([2H])[C@@]34CCN(C([2H])([2H])[2H])[C@]2([2H])C([2H])([2H])c2ccc(OC)c(c23)OC14[2H]. The summed E-state index contributed by atoms with van der Waals surface area (Å²) in [5.74, 6) is -2.30. The Balaban J connectivity index is 2.00. The molecule has 2 aliphatic heterocycles. The number of hydrogen-bond acceptors (Lipinski definition) is 4. The van der Waals surface area contributed by atoms with Gasteiger partial charge >= 0.3 is 0 Å². The van der Waals surface area contributed by atoms with E-state index >= 15 is 0 Å². The van der Waals surface area contributed by atoms with Gasteiger partial charge in [-0.15, -0.1) is 0 Å². The molecule has 2 bridgehead atoms. The van der Waals surface area contributed by atoms with Gasteiger partial charge in [-0.3, -0.25) is 0 Å². The second kappa shape index (κ2) is 4.06. The monoisotopic (exact) mass is 309 g/mol. The van der Waals surface area contributed by atoms with Gasteiger partial charge in [0.15, 0.2) is 11.5 Å². The lowest BCUT2D eigenvalue weighted by atomic mass is 9.53. The molecule has 1 fully saturated rings. The van der Waals surface area contributed by atoms with Crippen molar-refractivity contribution in [2.24, 2.45) is 5.89 Å². The first-order chi connectivity index (χ1) is 14.6. The van der Waals surface area contributed by atoms with Crippen LogP contribution in [0.25, 0.3) is 0 Å². The van der Waals surface area contributed by atoms with Crippen molar-refractivity contribution in [1.82, 2.24) is 4.90 Å². The highest BCUT2D eigenvalue weighted by molar-refractivity contribution is 5.62. The minimum Gasteiger partial charge on any atom is -0.493 e. The highest BCUT2D eigenvalue weighted by Crippen LogP contribution is 2.62. The van der Waals surface area contributed by atoms with Gasteiger partial charge in [-0.1, -0.05) is 18.2 Å². The van der Waals surface area contributed by atoms with Gasteiger partial charge in [0.05, 0.1) is 9.85 Å². The molecule has 1 spiro atoms. The maximum atomic E-state index is 9.50. The number of ether oxygens (including phenoxy) is 2. The van der Waals surface area contributed by atoms with Crippen LogP contribution in [-0.4, -0.2) is 50.2 Å². The van der Waals surface area contributed by atoms with Gasteiger partial charge in [0, 0.05) is 32.5 Å². The summed E-state index contributed by atoms with van der Waals surface area (Å²) in [6.45, 7) is -3.26. The summed E-state index contributed by atoms with van der Waals surface area (Å²) in [6, 6.07) is 0.0216. The minimum absolute atomic E-state index is 0.0535. The van der Waals surface area contributed by atoms with Crippen molar-refractivity contribution in [3.05, 3.63) is 35.4 Å². The summed E-state index contributed by atoms with van der Waals surface area (Å²) in [7, 11) is 1.35. The minimum atomic E-state index is -2.91. The van der Waals surface area contributed by atoms with Crippen molar-refractivity contribution in [2.45, 2.75) is 36.4 Å². The molecule has 4 nitrogen and oxygen atoms in total. The van der Waals surface area contributed by atoms with Crippen molar-refractivity contribution in [3.63, 3.8) is 0 Å². The molecule has 1 aromatic carbocycles. The number of hydrogen-bond donors (Lipinski definition) is 1. The Morgan fingerprint density at radius 3 is 3.36 bits per heavy atom. The van der Waals surface area contributed by atoms with Crippen LogP contribution in [0.15, 0.2) is 24.3 Å². The highest BCUT2D eigenvalue weighted by atomic mass is 16.5. The number of likely N-dealkylation sites (N-methyl/N-ethyl adjacent to an activating group) is 1. The molecule has 1 saturated heterocycles. The number of aliphatic hydroxyl groups is 1. The van der Waals surface area contributed by atoms with Gasteiger partial charge in [-0.05, 0) is 37.9 Å². The molecule has 5 rings (SSSR count). The molecule has 1 aromatic rings. The third-order valence-electron chi connectivity index (χ3n) is 4.93. The Morgan fingerprint density at radius 2 is 2.55 bits per heavy atom. The average Bonchev–Trinajstić information content (AvgIpc) is 2.99. The van der Waals surface area contributed by atoms with Crippen molar-refractivity contribution in [2.75, 3.05) is 20.6 Å². The summed E-state index contributed by atoms with van der Waals surface area (Å²) in [5, 5.41) is 4.64. The summed E-state index contributed by atoms with van der Waals surface area (Å²) in [5.41, 5.74) is -1.89. The van der Waals surface area contributed by atoms with Crippen LogP contribution in [0.4, 0.5) is 0 Å². The van der Waals surface area contributed by atoms with E-state index in [2.05, 4.69) is 5.11 Å². The number of rotatable bonds is 2. The van der Waals surface area contributed by atoms with Crippen LogP contribution < -0.4 is 9.47 Å². The molecule has 2 heterocycles. The molecule has 0 amide bonds. The molecular weight excluding hydrogens is 278 g/mol. The quantitative estimate of drug-likeness (QED) is 0.841. The predicted molar refractivity (Wildman–Crippen MR) is 82.5 cm³/mol. The van der Waals surface area contributed by atoms with Crippen LogP contribution in [-0.2, 0) is 11.8 Å².